The zero-order chi connectivity index (χ0) is 20.2. The highest BCUT2D eigenvalue weighted by atomic mass is 35.5. The van der Waals surface area contributed by atoms with Gasteiger partial charge in [-0.1, -0.05) is 48.0 Å². The predicted octanol–water partition coefficient (Wildman–Crippen LogP) is 5.31. The minimum atomic E-state index is 0.0656. The maximum Gasteiger partial charge on any atom is 0.223 e. The summed E-state index contributed by atoms with van der Waals surface area (Å²) in [6.07, 6.45) is 6.77. The molecule has 2 aliphatic rings. The molecule has 2 aromatic rings. The summed E-state index contributed by atoms with van der Waals surface area (Å²) in [4.78, 5) is 15.2. The Hall–Kier alpha value is -1.84. The van der Waals surface area contributed by atoms with E-state index in [1.165, 1.54) is 42.4 Å². The number of amides is 1. The van der Waals surface area contributed by atoms with Crippen LogP contribution in [0.15, 0.2) is 42.5 Å². The predicted molar refractivity (Wildman–Crippen MR) is 119 cm³/mol. The second-order valence-corrected chi connectivity index (χ2v) is 9.01. The first-order chi connectivity index (χ1) is 14.1. The lowest BCUT2D eigenvalue weighted by Gasteiger charge is -2.32. The van der Waals surface area contributed by atoms with Gasteiger partial charge in [0.2, 0.25) is 5.91 Å². The molecule has 0 spiro atoms. The zero-order valence-corrected chi connectivity index (χ0v) is 18.0. The number of hydrogen-bond donors (Lipinski definition) is 1. The number of piperidine rings is 1. The molecule has 154 valence electrons. The van der Waals surface area contributed by atoms with E-state index in [2.05, 4.69) is 41.4 Å². The number of carbonyl (C=O) groups is 1. The second-order valence-electron chi connectivity index (χ2n) is 8.61. The highest BCUT2D eigenvalue weighted by Crippen LogP contribution is 2.26. The molecule has 3 nitrogen and oxygen atoms in total. The molecule has 1 heterocycles. The summed E-state index contributed by atoms with van der Waals surface area (Å²) >= 11 is 6.29. The Morgan fingerprint density at radius 1 is 1.10 bits per heavy atom. The van der Waals surface area contributed by atoms with E-state index in [9.17, 15) is 4.79 Å². The number of hydrogen-bond acceptors (Lipinski definition) is 2. The third-order valence-corrected chi connectivity index (χ3v) is 6.91. The number of nitrogens with one attached hydrogen (secondary N) is 1. The van der Waals surface area contributed by atoms with Gasteiger partial charge in [0.15, 0.2) is 0 Å². The van der Waals surface area contributed by atoms with Crippen molar-refractivity contribution in [3.63, 3.8) is 0 Å². The fourth-order valence-electron chi connectivity index (χ4n) is 4.66. The number of halogens is 1. The van der Waals surface area contributed by atoms with Crippen molar-refractivity contribution < 1.29 is 4.79 Å². The van der Waals surface area contributed by atoms with E-state index < -0.39 is 0 Å². The summed E-state index contributed by atoms with van der Waals surface area (Å²) in [5.74, 6) is 0.310. The molecule has 0 saturated carbocycles. The van der Waals surface area contributed by atoms with E-state index in [0.29, 0.717) is 0 Å². The highest BCUT2D eigenvalue weighted by Gasteiger charge is 2.26. The molecular weight excluding hydrogens is 380 g/mol. The van der Waals surface area contributed by atoms with Crippen molar-refractivity contribution in [2.75, 3.05) is 13.1 Å². The van der Waals surface area contributed by atoms with E-state index in [1.54, 1.807) is 0 Å². The molecule has 4 heteroatoms. The Kier molecular flexibility index (Phi) is 6.56. The Balaban J connectivity index is 1.29. The molecule has 1 amide bonds. The standard InChI is InChI=1S/C25H31ClN2O/c1-18(21-11-10-19-6-2-3-7-22(19)16-21)27-25(29)20-12-14-28(15-13-20)17-23-8-4-5-9-24(23)26/h4-5,8-11,16,18,20H,2-3,6-7,12-15,17H2,1H3,(H,27,29)/t18-/m0/s1. The van der Waals surface area contributed by atoms with Gasteiger partial charge in [0.1, 0.15) is 0 Å². The fraction of sp³-hybridized carbons (Fsp3) is 0.480. The minimum Gasteiger partial charge on any atom is -0.349 e. The molecule has 1 N–H and O–H groups in total. The van der Waals surface area contributed by atoms with Gasteiger partial charge in [-0.25, -0.2) is 0 Å². The lowest BCUT2D eigenvalue weighted by atomic mass is 9.89. The Bertz CT molecular complexity index is 858. The molecule has 1 saturated heterocycles. The van der Waals surface area contributed by atoms with Gasteiger partial charge >= 0.3 is 0 Å². The van der Waals surface area contributed by atoms with Crippen molar-refractivity contribution in [3.8, 4) is 0 Å². The van der Waals surface area contributed by atoms with Gasteiger partial charge < -0.3 is 5.32 Å². The van der Waals surface area contributed by atoms with Crippen LogP contribution in [0, 0.1) is 5.92 Å². The summed E-state index contributed by atoms with van der Waals surface area (Å²) in [5, 5.41) is 4.09. The molecule has 0 aromatic heterocycles. The molecule has 1 aliphatic carbocycles. The van der Waals surface area contributed by atoms with Crippen LogP contribution in [0.2, 0.25) is 5.02 Å². The van der Waals surface area contributed by atoms with E-state index in [-0.39, 0.29) is 17.9 Å². The quantitative estimate of drug-likeness (QED) is 0.724. The smallest absolute Gasteiger partial charge is 0.223 e. The summed E-state index contributed by atoms with van der Waals surface area (Å²) in [6.45, 7) is 4.85. The van der Waals surface area contributed by atoms with Crippen LogP contribution in [0.3, 0.4) is 0 Å². The van der Waals surface area contributed by atoms with Crippen molar-refractivity contribution in [2.45, 2.75) is 58.0 Å². The van der Waals surface area contributed by atoms with Crippen molar-refractivity contribution in [2.24, 2.45) is 5.92 Å². The topological polar surface area (TPSA) is 32.3 Å². The lowest BCUT2D eigenvalue weighted by molar-refractivity contribution is -0.127. The van der Waals surface area contributed by atoms with Crippen molar-refractivity contribution in [3.05, 3.63) is 69.7 Å². The Labute approximate surface area is 179 Å². The Morgan fingerprint density at radius 2 is 1.83 bits per heavy atom. The number of aryl methyl sites for hydroxylation is 2. The molecule has 2 aromatic carbocycles. The molecule has 29 heavy (non-hydrogen) atoms. The monoisotopic (exact) mass is 410 g/mol. The van der Waals surface area contributed by atoms with Gasteiger partial charge in [-0.3, -0.25) is 9.69 Å². The largest absolute Gasteiger partial charge is 0.349 e. The maximum absolute atomic E-state index is 12.8. The molecule has 0 radical (unpaired) electrons. The number of carbonyl (C=O) groups excluding carboxylic acids is 1. The molecule has 4 rings (SSSR count). The number of rotatable bonds is 5. The zero-order valence-electron chi connectivity index (χ0n) is 17.3. The molecular formula is C25H31ClN2O. The van der Waals surface area contributed by atoms with Gasteiger partial charge in [0, 0.05) is 17.5 Å². The third kappa shape index (κ3) is 5.02. The van der Waals surface area contributed by atoms with Crippen molar-refractivity contribution >= 4 is 17.5 Å². The first-order valence-corrected chi connectivity index (χ1v) is 11.4. The van der Waals surface area contributed by atoms with Crippen molar-refractivity contribution in [1.82, 2.24) is 10.2 Å². The van der Waals surface area contributed by atoms with E-state index in [0.717, 1.165) is 43.1 Å². The average molecular weight is 411 g/mol. The van der Waals surface area contributed by atoms with E-state index >= 15 is 0 Å². The van der Waals surface area contributed by atoms with Gasteiger partial charge in [-0.15, -0.1) is 0 Å². The minimum absolute atomic E-state index is 0.0656. The average Bonchev–Trinajstić information content (AvgIpc) is 2.75. The summed E-state index contributed by atoms with van der Waals surface area (Å²) in [7, 11) is 0. The normalized spacial score (nSPS) is 18.8. The van der Waals surface area contributed by atoms with Crippen LogP contribution in [0.25, 0.3) is 0 Å². The first-order valence-electron chi connectivity index (χ1n) is 11.0. The van der Waals surface area contributed by atoms with Gasteiger partial charge in [0.25, 0.3) is 0 Å². The summed E-state index contributed by atoms with van der Waals surface area (Å²) < 4.78 is 0. The van der Waals surface area contributed by atoms with Crippen LogP contribution in [0.5, 0.6) is 0 Å². The third-order valence-electron chi connectivity index (χ3n) is 6.54. The van der Waals surface area contributed by atoms with E-state index in [4.69, 9.17) is 11.6 Å². The molecule has 1 atom stereocenters. The number of fused-ring (bicyclic) bond motifs is 1. The van der Waals surface area contributed by atoms with Crippen molar-refractivity contribution in [1.29, 1.82) is 0 Å². The summed E-state index contributed by atoms with van der Waals surface area (Å²) in [6, 6.07) is 14.9. The van der Waals surface area contributed by atoms with Crippen LogP contribution in [-0.2, 0) is 24.2 Å². The van der Waals surface area contributed by atoms with Crippen LogP contribution < -0.4 is 5.32 Å². The number of likely N-dealkylation sites (tertiary alicyclic amines) is 1. The second kappa shape index (κ2) is 9.32. The van der Waals surface area contributed by atoms with Crippen LogP contribution in [-0.4, -0.2) is 23.9 Å². The molecule has 0 bridgehead atoms. The van der Waals surface area contributed by atoms with Gasteiger partial charge in [-0.05, 0) is 86.9 Å². The fourth-order valence-corrected chi connectivity index (χ4v) is 4.85. The molecule has 1 aliphatic heterocycles. The molecule has 1 fully saturated rings. The van der Waals surface area contributed by atoms with Gasteiger partial charge in [0.05, 0.1) is 6.04 Å². The first kappa shape index (κ1) is 20.4. The summed E-state index contributed by atoms with van der Waals surface area (Å²) in [5.41, 5.74) is 5.36. The van der Waals surface area contributed by atoms with Crippen LogP contribution >= 0.6 is 11.6 Å². The van der Waals surface area contributed by atoms with E-state index in [1.807, 2.05) is 18.2 Å². The number of benzene rings is 2. The SMILES string of the molecule is C[C@H](NC(=O)C1CCN(Cc2ccccc2Cl)CC1)c1ccc2c(c1)CCCC2. The van der Waals surface area contributed by atoms with Crippen LogP contribution in [0.4, 0.5) is 0 Å². The lowest BCUT2D eigenvalue weighted by Crippen LogP contribution is -2.41. The number of nitrogens with zero attached hydrogens (tertiary/aromatic N) is 1. The molecule has 0 unspecified atom stereocenters. The Morgan fingerprint density at radius 3 is 2.59 bits per heavy atom. The van der Waals surface area contributed by atoms with Crippen LogP contribution in [0.1, 0.15) is 60.9 Å². The van der Waals surface area contributed by atoms with Gasteiger partial charge in [-0.2, -0.15) is 0 Å². The maximum atomic E-state index is 12.8. The highest BCUT2D eigenvalue weighted by molar-refractivity contribution is 6.31.